The first-order valence-corrected chi connectivity index (χ1v) is 5.41. The highest BCUT2D eigenvalue weighted by molar-refractivity contribution is 5.11. The molecule has 0 saturated carbocycles. The summed E-state index contributed by atoms with van der Waals surface area (Å²) in [5.74, 6) is 0.961. The van der Waals surface area contributed by atoms with E-state index in [4.69, 9.17) is 4.52 Å². The Labute approximate surface area is 85.1 Å². The molecular formula is C11H18N2O. The largest absolute Gasteiger partial charge is 0.361 e. The third-order valence-corrected chi connectivity index (χ3v) is 3.16. The Kier molecular flexibility index (Phi) is 2.87. The van der Waals surface area contributed by atoms with Crippen molar-refractivity contribution in [3.8, 4) is 0 Å². The second kappa shape index (κ2) is 4.13. The van der Waals surface area contributed by atoms with Gasteiger partial charge in [-0.05, 0) is 33.2 Å². The summed E-state index contributed by atoms with van der Waals surface area (Å²) in [6.07, 6.45) is 5.87. The van der Waals surface area contributed by atoms with Gasteiger partial charge in [-0.15, -0.1) is 0 Å². The van der Waals surface area contributed by atoms with E-state index in [0.29, 0.717) is 6.04 Å². The summed E-state index contributed by atoms with van der Waals surface area (Å²) in [6.45, 7) is 6.50. The Balaban J connectivity index is 1.99. The third-order valence-electron chi connectivity index (χ3n) is 3.16. The Bertz CT molecular complexity index is 295. The van der Waals surface area contributed by atoms with Gasteiger partial charge in [-0.2, -0.15) is 0 Å². The Hall–Kier alpha value is -0.830. The molecule has 3 heteroatoms. The molecule has 1 fully saturated rings. The molecule has 14 heavy (non-hydrogen) atoms. The summed E-state index contributed by atoms with van der Waals surface area (Å²) in [5, 5.41) is 3.81. The van der Waals surface area contributed by atoms with E-state index in [1.54, 1.807) is 0 Å². The molecule has 2 rings (SSSR count). The van der Waals surface area contributed by atoms with Crippen LogP contribution in [-0.4, -0.2) is 22.6 Å². The summed E-state index contributed by atoms with van der Waals surface area (Å²) in [5.41, 5.74) is 1.23. The maximum Gasteiger partial charge on any atom is 0.138 e. The minimum Gasteiger partial charge on any atom is -0.361 e. The van der Waals surface area contributed by atoms with Crippen molar-refractivity contribution in [2.75, 3.05) is 6.54 Å². The smallest absolute Gasteiger partial charge is 0.138 e. The lowest BCUT2D eigenvalue weighted by molar-refractivity contribution is 0.152. The molecular weight excluding hydrogens is 176 g/mol. The van der Waals surface area contributed by atoms with E-state index in [1.165, 1.54) is 31.4 Å². The molecule has 0 aliphatic carbocycles. The van der Waals surface area contributed by atoms with Crippen molar-refractivity contribution < 1.29 is 4.52 Å². The number of nitrogens with zero attached hydrogens (tertiary/aromatic N) is 2. The van der Waals surface area contributed by atoms with Crippen molar-refractivity contribution >= 4 is 0 Å². The molecule has 0 N–H and O–H groups in total. The molecule has 1 aliphatic heterocycles. The first-order valence-electron chi connectivity index (χ1n) is 5.41. The summed E-state index contributed by atoms with van der Waals surface area (Å²) < 4.78 is 5.06. The fraction of sp³-hybridized carbons (Fsp3) is 0.727. The zero-order valence-electron chi connectivity index (χ0n) is 8.99. The lowest BCUT2D eigenvalue weighted by atomic mass is 10.0. The maximum atomic E-state index is 5.06. The number of piperidine rings is 1. The predicted molar refractivity (Wildman–Crippen MR) is 55.0 cm³/mol. The number of hydrogen-bond acceptors (Lipinski definition) is 3. The molecule has 1 unspecified atom stereocenters. The average molecular weight is 194 g/mol. The minimum absolute atomic E-state index is 0.707. The summed E-state index contributed by atoms with van der Waals surface area (Å²) in [4.78, 5) is 2.52. The predicted octanol–water partition coefficient (Wildman–Crippen LogP) is 2.36. The molecule has 0 amide bonds. The van der Waals surface area contributed by atoms with Gasteiger partial charge >= 0.3 is 0 Å². The monoisotopic (exact) mass is 194 g/mol. The van der Waals surface area contributed by atoms with Crippen LogP contribution in [0.15, 0.2) is 10.7 Å². The minimum atomic E-state index is 0.707. The van der Waals surface area contributed by atoms with Crippen molar-refractivity contribution in [3.05, 3.63) is 17.5 Å². The summed E-state index contributed by atoms with van der Waals surface area (Å²) in [7, 11) is 0. The number of rotatable bonds is 2. The Morgan fingerprint density at radius 2 is 2.43 bits per heavy atom. The van der Waals surface area contributed by atoms with Gasteiger partial charge in [0.05, 0.1) is 6.20 Å². The third kappa shape index (κ3) is 1.98. The van der Waals surface area contributed by atoms with Gasteiger partial charge in [-0.3, -0.25) is 4.90 Å². The lowest BCUT2D eigenvalue weighted by Gasteiger charge is -2.32. The van der Waals surface area contributed by atoms with Crippen molar-refractivity contribution in [2.24, 2.45) is 0 Å². The van der Waals surface area contributed by atoms with Crippen molar-refractivity contribution in [1.82, 2.24) is 10.1 Å². The summed E-state index contributed by atoms with van der Waals surface area (Å²) >= 11 is 0. The Morgan fingerprint density at radius 3 is 3.07 bits per heavy atom. The van der Waals surface area contributed by atoms with Crippen LogP contribution in [0.5, 0.6) is 0 Å². The van der Waals surface area contributed by atoms with Crippen molar-refractivity contribution in [1.29, 1.82) is 0 Å². The highest BCUT2D eigenvalue weighted by Gasteiger charge is 2.19. The number of likely N-dealkylation sites (tertiary alicyclic amines) is 1. The van der Waals surface area contributed by atoms with Gasteiger partial charge in [0.15, 0.2) is 0 Å². The van der Waals surface area contributed by atoms with Gasteiger partial charge in [-0.1, -0.05) is 11.6 Å². The first kappa shape index (κ1) is 9.71. The highest BCUT2D eigenvalue weighted by atomic mass is 16.5. The quantitative estimate of drug-likeness (QED) is 0.723. The van der Waals surface area contributed by atoms with E-state index in [2.05, 4.69) is 17.0 Å². The van der Waals surface area contributed by atoms with Gasteiger partial charge in [0.25, 0.3) is 0 Å². The van der Waals surface area contributed by atoms with E-state index in [1.807, 2.05) is 13.1 Å². The van der Waals surface area contributed by atoms with Crippen molar-refractivity contribution in [2.45, 2.75) is 45.7 Å². The fourth-order valence-electron chi connectivity index (χ4n) is 2.08. The van der Waals surface area contributed by atoms with E-state index in [-0.39, 0.29) is 0 Å². The SMILES string of the molecule is Cc1oncc1CN1CCCCC1C. The standard InChI is InChI=1S/C11H18N2O/c1-9-5-3-4-6-13(9)8-11-7-12-14-10(11)2/h7,9H,3-6,8H2,1-2H3. The molecule has 1 aromatic rings. The molecule has 0 aromatic carbocycles. The van der Waals surface area contributed by atoms with Gasteiger partial charge in [-0.25, -0.2) is 0 Å². The molecule has 2 heterocycles. The Morgan fingerprint density at radius 1 is 1.57 bits per heavy atom. The lowest BCUT2D eigenvalue weighted by Crippen LogP contribution is -2.36. The van der Waals surface area contributed by atoms with Crippen LogP contribution in [0.2, 0.25) is 0 Å². The van der Waals surface area contributed by atoms with E-state index in [0.717, 1.165) is 12.3 Å². The van der Waals surface area contributed by atoms with Crippen LogP contribution in [0, 0.1) is 6.92 Å². The van der Waals surface area contributed by atoms with Crippen LogP contribution >= 0.6 is 0 Å². The number of hydrogen-bond donors (Lipinski definition) is 0. The molecule has 3 nitrogen and oxygen atoms in total. The van der Waals surface area contributed by atoms with Crippen LogP contribution in [0.3, 0.4) is 0 Å². The van der Waals surface area contributed by atoms with Crippen LogP contribution in [0.25, 0.3) is 0 Å². The van der Waals surface area contributed by atoms with Crippen LogP contribution in [0.1, 0.15) is 37.5 Å². The molecule has 1 atom stereocenters. The maximum absolute atomic E-state index is 5.06. The van der Waals surface area contributed by atoms with Crippen molar-refractivity contribution in [3.63, 3.8) is 0 Å². The molecule has 78 valence electrons. The second-order valence-electron chi connectivity index (χ2n) is 4.22. The number of aromatic nitrogens is 1. The van der Waals surface area contributed by atoms with Crippen LogP contribution in [0.4, 0.5) is 0 Å². The fourth-order valence-corrected chi connectivity index (χ4v) is 2.08. The molecule has 1 saturated heterocycles. The van der Waals surface area contributed by atoms with Crippen LogP contribution in [-0.2, 0) is 6.54 Å². The highest BCUT2D eigenvalue weighted by Crippen LogP contribution is 2.20. The van der Waals surface area contributed by atoms with Gasteiger partial charge < -0.3 is 4.52 Å². The van der Waals surface area contributed by atoms with E-state index >= 15 is 0 Å². The molecule has 0 radical (unpaired) electrons. The summed E-state index contributed by atoms with van der Waals surface area (Å²) in [6, 6.07) is 0.707. The normalized spacial score (nSPS) is 24.0. The number of aryl methyl sites for hydroxylation is 1. The van der Waals surface area contributed by atoms with E-state index < -0.39 is 0 Å². The average Bonchev–Trinajstić information content (AvgIpc) is 2.56. The van der Waals surface area contributed by atoms with Gasteiger partial charge in [0, 0.05) is 18.2 Å². The topological polar surface area (TPSA) is 29.3 Å². The van der Waals surface area contributed by atoms with Gasteiger partial charge in [0.1, 0.15) is 5.76 Å². The molecule has 1 aliphatic rings. The van der Waals surface area contributed by atoms with Crippen LogP contribution < -0.4 is 0 Å². The second-order valence-corrected chi connectivity index (χ2v) is 4.22. The molecule has 0 spiro atoms. The first-order chi connectivity index (χ1) is 6.77. The van der Waals surface area contributed by atoms with Gasteiger partial charge in [0.2, 0.25) is 0 Å². The van der Waals surface area contributed by atoms with E-state index in [9.17, 15) is 0 Å². The zero-order valence-corrected chi connectivity index (χ0v) is 8.99. The molecule has 0 bridgehead atoms. The molecule has 1 aromatic heterocycles. The zero-order chi connectivity index (χ0) is 9.97.